The fourth-order valence-corrected chi connectivity index (χ4v) is 3.85. The summed E-state index contributed by atoms with van der Waals surface area (Å²) in [5, 5.41) is 18.1. The number of aliphatic carboxylic acids is 2. The molecule has 3 aromatic carbocycles. The Kier molecular flexibility index (Phi) is 11.9. The summed E-state index contributed by atoms with van der Waals surface area (Å²) in [4.78, 5) is 69.3. The first kappa shape index (κ1) is 33.5. The first-order valence-electron chi connectivity index (χ1n) is 13.3. The summed E-state index contributed by atoms with van der Waals surface area (Å²) in [6, 6.07) is 15.2. The Bertz CT molecular complexity index is 1670. The van der Waals surface area contributed by atoms with Crippen LogP contribution in [0.4, 0.5) is 0 Å². The lowest BCUT2D eigenvalue weighted by atomic mass is 9.99. The molecule has 0 aliphatic heterocycles. The Morgan fingerprint density at radius 3 is 1.80 bits per heavy atom. The van der Waals surface area contributed by atoms with E-state index in [1.807, 2.05) is 0 Å². The van der Waals surface area contributed by atoms with E-state index in [0.717, 1.165) is 12.2 Å². The molecule has 3 rings (SSSR count). The molecule has 0 radical (unpaired) electrons. The summed E-state index contributed by atoms with van der Waals surface area (Å²) in [7, 11) is 0. The van der Waals surface area contributed by atoms with E-state index in [2.05, 4.69) is 0 Å². The highest BCUT2D eigenvalue weighted by molar-refractivity contribution is 5.89. The van der Waals surface area contributed by atoms with Gasteiger partial charge >= 0.3 is 35.8 Å². The number of rotatable bonds is 13. The standard InChI is InChI=1S/C33H28O12/c1-20(34)43-28-12-6-23(16-29(28)44-21(2)35)8-14-33(41)45-27-10-4-24(5-11-27)19-42-32(40)13-7-22-3-9-25(17-30(36)37)26(15-22)18-31(38)39/h3-16H,17-19H2,1-2H3,(H,36,37)(H,38,39)/b13-7+,14-8+. The van der Waals surface area contributed by atoms with Gasteiger partial charge < -0.3 is 29.2 Å². The van der Waals surface area contributed by atoms with Crippen LogP contribution >= 0.6 is 0 Å². The summed E-state index contributed by atoms with van der Waals surface area (Å²) < 4.78 is 20.6. The van der Waals surface area contributed by atoms with E-state index in [9.17, 15) is 28.8 Å². The fraction of sp³-hybridized carbons (Fsp3) is 0.152. The topological polar surface area (TPSA) is 180 Å². The molecule has 0 saturated heterocycles. The molecule has 0 saturated carbocycles. The number of hydrogen-bond donors (Lipinski definition) is 2. The second kappa shape index (κ2) is 16.0. The van der Waals surface area contributed by atoms with Gasteiger partial charge in [0, 0.05) is 26.0 Å². The molecule has 3 aromatic rings. The highest BCUT2D eigenvalue weighted by Gasteiger charge is 2.12. The van der Waals surface area contributed by atoms with E-state index < -0.39 is 35.8 Å². The van der Waals surface area contributed by atoms with Crippen LogP contribution in [-0.2, 0) is 53.0 Å². The first-order chi connectivity index (χ1) is 21.4. The summed E-state index contributed by atoms with van der Waals surface area (Å²) in [6.07, 6.45) is 4.49. The average molecular weight is 617 g/mol. The lowest BCUT2D eigenvalue weighted by Crippen LogP contribution is -2.08. The van der Waals surface area contributed by atoms with Gasteiger partial charge in [-0.05, 0) is 64.2 Å². The largest absolute Gasteiger partial charge is 0.481 e. The Balaban J connectivity index is 1.54. The molecule has 0 bridgehead atoms. The van der Waals surface area contributed by atoms with Gasteiger partial charge in [0.25, 0.3) is 0 Å². The molecule has 12 nitrogen and oxygen atoms in total. The highest BCUT2D eigenvalue weighted by Crippen LogP contribution is 2.29. The number of carbonyl (C=O) groups excluding carboxylic acids is 4. The van der Waals surface area contributed by atoms with Gasteiger partial charge in [-0.25, -0.2) is 9.59 Å². The van der Waals surface area contributed by atoms with Crippen LogP contribution in [0.25, 0.3) is 12.2 Å². The third-order valence-electron chi connectivity index (χ3n) is 5.74. The summed E-state index contributed by atoms with van der Waals surface area (Å²) in [5.41, 5.74) is 2.29. The molecule has 0 unspecified atom stereocenters. The molecule has 12 heteroatoms. The average Bonchev–Trinajstić information content (AvgIpc) is 2.96. The molecule has 232 valence electrons. The van der Waals surface area contributed by atoms with Crippen molar-refractivity contribution in [1.29, 1.82) is 0 Å². The van der Waals surface area contributed by atoms with Gasteiger partial charge in [0.1, 0.15) is 12.4 Å². The smallest absolute Gasteiger partial charge is 0.336 e. The van der Waals surface area contributed by atoms with E-state index in [4.69, 9.17) is 29.2 Å². The zero-order valence-electron chi connectivity index (χ0n) is 24.2. The van der Waals surface area contributed by atoms with Crippen LogP contribution in [0.5, 0.6) is 17.2 Å². The molecule has 0 heterocycles. The summed E-state index contributed by atoms with van der Waals surface area (Å²) in [6.45, 7) is 2.32. The number of ether oxygens (including phenoxy) is 4. The van der Waals surface area contributed by atoms with Crippen molar-refractivity contribution >= 4 is 48.0 Å². The van der Waals surface area contributed by atoms with Crippen molar-refractivity contribution in [1.82, 2.24) is 0 Å². The molecule has 45 heavy (non-hydrogen) atoms. The Morgan fingerprint density at radius 2 is 1.18 bits per heavy atom. The van der Waals surface area contributed by atoms with Gasteiger partial charge in [-0.1, -0.05) is 36.4 Å². The zero-order chi connectivity index (χ0) is 32.9. The molecule has 2 N–H and O–H groups in total. The number of hydrogen-bond acceptors (Lipinski definition) is 10. The molecular weight excluding hydrogens is 588 g/mol. The van der Waals surface area contributed by atoms with Crippen molar-refractivity contribution in [3.63, 3.8) is 0 Å². The van der Waals surface area contributed by atoms with Crippen LogP contribution in [0.2, 0.25) is 0 Å². The van der Waals surface area contributed by atoms with Gasteiger partial charge in [-0.3, -0.25) is 19.2 Å². The number of carboxylic acid groups (broad SMARTS) is 2. The fourth-order valence-electron chi connectivity index (χ4n) is 3.85. The molecular formula is C33H28O12. The first-order valence-corrected chi connectivity index (χ1v) is 13.3. The second-order valence-electron chi connectivity index (χ2n) is 9.40. The molecule has 0 atom stereocenters. The molecule has 0 amide bonds. The maximum Gasteiger partial charge on any atom is 0.336 e. The van der Waals surface area contributed by atoms with Crippen molar-refractivity contribution in [2.75, 3.05) is 0 Å². The summed E-state index contributed by atoms with van der Waals surface area (Å²) in [5.74, 6) is -4.48. The molecule has 0 aliphatic rings. The van der Waals surface area contributed by atoms with Crippen molar-refractivity contribution in [2.45, 2.75) is 33.3 Å². The maximum atomic E-state index is 12.3. The van der Waals surface area contributed by atoms with Crippen molar-refractivity contribution in [2.24, 2.45) is 0 Å². The van der Waals surface area contributed by atoms with Crippen LogP contribution in [0, 0.1) is 0 Å². The molecule has 0 aromatic heterocycles. The van der Waals surface area contributed by atoms with Crippen molar-refractivity contribution in [3.8, 4) is 17.2 Å². The quantitative estimate of drug-likeness (QED) is 0.159. The normalized spacial score (nSPS) is 10.8. The summed E-state index contributed by atoms with van der Waals surface area (Å²) >= 11 is 0. The van der Waals surface area contributed by atoms with Crippen LogP contribution in [0.15, 0.2) is 72.8 Å². The zero-order valence-corrected chi connectivity index (χ0v) is 24.2. The van der Waals surface area contributed by atoms with Crippen LogP contribution < -0.4 is 14.2 Å². The lowest BCUT2D eigenvalue weighted by Gasteiger charge is -2.09. The van der Waals surface area contributed by atoms with Crippen LogP contribution in [-0.4, -0.2) is 46.0 Å². The van der Waals surface area contributed by atoms with E-state index in [1.165, 1.54) is 62.4 Å². The van der Waals surface area contributed by atoms with Gasteiger partial charge in [0.2, 0.25) is 0 Å². The predicted octanol–water partition coefficient (Wildman–Crippen LogP) is 4.17. The molecule has 0 spiro atoms. The number of carbonyl (C=O) groups is 6. The predicted molar refractivity (Wildman–Crippen MR) is 158 cm³/mol. The number of esters is 4. The van der Waals surface area contributed by atoms with Crippen LogP contribution in [0.3, 0.4) is 0 Å². The van der Waals surface area contributed by atoms with Gasteiger partial charge in [-0.15, -0.1) is 0 Å². The Hall–Kier alpha value is -6.04. The van der Waals surface area contributed by atoms with E-state index >= 15 is 0 Å². The Morgan fingerprint density at radius 1 is 0.622 bits per heavy atom. The second-order valence-corrected chi connectivity index (χ2v) is 9.40. The van der Waals surface area contributed by atoms with Gasteiger partial charge in [0.05, 0.1) is 12.8 Å². The van der Waals surface area contributed by atoms with E-state index in [1.54, 1.807) is 24.3 Å². The highest BCUT2D eigenvalue weighted by atomic mass is 16.6. The van der Waals surface area contributed by atoms with Gasteiger partial charge in [-0.2, -0.15) is 0 Å². The van der Waals surface area contributed by atoms with E-state index in [0.29, 0.717) is 27.8 Å². The third kappa shape index (κ3) is 11.6. The minimum absolute atomic E-state index is 0.0107. The SMILES string of the molecule is CC(=O)Oc1ccc(/C=C/C(=O)Oc2ccc(COC(=O)/C=C/c3ccc(CC(=O)O)c(CC(=O)O)c3)cc2)cc1OC(C)=O. The molecule has 0 fully saturated rings. The Labute approximate surface area is 257 Å². The van der Waals surface area contributed by atoms with Crippen molar-refractivity contribution < 1.29 is 57.9 Å². The third-order valence-corrected chi connectivity index (χ3v) is 5.74. The number of carboxylic acids is 2. The maximum absolute atomic E-state index is 12.3. The lowest BCUT2D eigenvalue weighted by molar-refractivity contribution is -0.139. The van der Waals surface area contributed by atoms with Gasteiger partial charge in [0.15, 0.2) is 11.5 Å². The van der Waals surface area contributed by atoms with Crippen molar-refractivity contribution in [3.05, 3.63) is 101 Å². The van der Waals surface area contributed by atoms with Crippen LogP contribution in [0.1, 0.15) is 41.7 Å². The molecule has 0 aliphatic carbocycles. The monoisotopic (exact) mass is 616 g/mol. The van der Waals surface area contributed by atoms with E-state index in [-0.39, 0.29) is 36.7 Å². The number of benzene rings is 3. The minimum atomic E-state index is -1.11. The minimum Gasteiger partial charge on any atom is -0.481 e.